The van der Waals surface area contributed by atoms with Crippen LogP contribution in [0.4, 0.5) is 5.82 Å². The Kier molecular flexibility index (Phi) is 2.60. The molecule has 4 N–H and O–H groups in total. The van der Waals surface area contributed by atoms with Gasteiger partial charge in [-0.2, -0.15) is 0 Å². The molecule has 0 amide bonds. The monoisotopic (exact) mass is 273 g/mol. The van der Waals surface area contributed by atoms with Gasteiger partial charge >= 0.3 is 5.69 Å². The SMILES string of the molecule is O=c1[nH]c(O)c(C=Nc2ncnc3nc[nH]c23)c(=O)[nH]1. The Morgan fingerprint density at radius 1 is 1.20 bits per heavy atom. The Bertz CT molecular complexity index is 920. The molecule has 0 aliphatic rings. The summed E-state index contributed by atoms with van der Waals surface area (Å²) < 4.78 is 0. The van der Waals surface area contributed by atoms with E-state index >= 15 is 0 Å². The molecule has 0 saturated heterocycles. The Morgan fingerprint density at radius 2 is 2.05 bits per heavy atom. The largest absolute Gasteiger partial charge is 0.494 e. The lowest BCUT2D eigenvalue weighted by Crippen LogP contribution is -2.24. The summed E-state index contributed by atoms with van der Waals surface area (Å²) in [6, 6.07) is 0. The number of aliphatic imine (C=N–C) groups is 1. The maximum Gasteiger partial charge on any atom is 0.328 e. The van der Waals surface area contributed by atoms with Gasteiger partial charge in [-0.3, -0.25) is 14.8 Å². The predicted molar refractivity (Wildman–Crippen MR) is 68.3 cm³/mol. The van der Waals surface area contributed by atoms with Gasteiger partial charge in [-0.05, 0) is 0 Å². The van der Waals surface area contributed by atoms with Crippen LogP contribution in [0.15, 0.2) is 27.2 Å². The van der Waals surface area contributed by atoms with Crippen LogP contribution in [0, 0.1) is 0 Å². The van der Waals surface area contributed by atoms with Crippen LogP contribution in [-0.2, 0) is 0 Å². The molecule has 10 heteroatoms. The minimum atomic E-state index is -0.803. The van der Waals surface area contributed by atoms with E-state index in [0.717, 1.165) is 6.21 Å². The van der Waals surface area contributed by atoms with Gasteiger partial charge in [-0.25, -0.2) is 24.7 Å². The van der Waals surface area contributed by atoms with E-state index in [0.29, 0.717) is 11.2 Å². The van der Waals surface area contributed by atoms with Gasteiger partial charge in [0.25, 0.3) is 5.56 Å². The number of hydrogen-bond acceptors (Lipinski definition) is 7. The highest BCUT2D eigenvalue weighted by Crippen LogP contribution is 2.17. The summed E-state index contributed by atoms with van der Waals surface area (Å²) in [4.78, 5) is 45.0. The predicted octanol–water partition coefficient (Wildman–Crippen LogP) is -0.814. The lowest BCUT2D eigenvalue weighted by atomic mass is 10.3. The minimum absolute atomic E-state index is 0.184. The number of rotatable bonds is 2. The molecule has 0 aliphatic carbocycles. The highest BCUT2D eigenvalue weighted by atomic mass is 16.3. The molecule has 3 aromatic rings. The molecule has 0 aliphatic heterocycles. The average molecular weight is 273 g/mol. The van der Waals surface area contributed by atoms with Crippen LogP contribution in [-0.4, -0.2) is 41.2 Å². The number of imidazole rings is 1. The number of aromatic hydroxyl groups is 1. The molecule has 0 unspecified atom stereocenters. The van der Waals surface area contributed by atoms with Crippen LogP contribution in [0.2, 0.25) is 0 Å². The van der Waals surface area contributed by atoms with Gasteiger partial charge in [0.1, 0.15) is 17.4 Å². The van der Waals surface area contributed by atoms with Crippen molar-refractivity contribution in [1.82, 2.24) is 29.9 Å². The zero-order valence-electron chi connectivity index (χ0n) is 9.78. The van der Waals surface area contributed by atoms with E-state index in [-0.39, 0.29) is 11.4 Å². The molecule has 0 bridgehead atoms. The van der Waals surface area contributed by atoms with E-state index in [1.807, 2.05) is 9.97 Å². The van der Waals surface area contributed by atoms with Crippen molar-refractivity contribution in [2.45, 2.75) is 0 Å². The Morgan fingerprint density at radius 3 is 2.85 bits per heavy atom. The molecule has 0 saturated carbocycles. The third-order valence-corrected chi connectivity index (χ3v) is 2.48. The second-order valence-electron chi connectivity index (χ2n) is 3.73. The first-order valence-electron chi connectivity index (χ1n) is 5.39. The number of aromatic amines is 3. The zero-order valence-corrected chi connectivity index (χ0v) is 9.78. The molecule has 0 atom stereocenters. The first kappa shape index (κ1) is 11.8. The van der Waals surface area contributed by atoms with E-state index < -0.39 is 17.1 Å². The van der Waals surface area contributed by atoms with Gasteiger partial charge < -0.3 is 10.1 Å². The molecule has 100 valence electrons. The van der Waals surface area contributed by atoms with E-state index in [2.05, 4.69) is 24.9 Å². The summed E-state index contributed by atoms with van der Waals surface area (Å²) in [7, 11) is 0. The Balaban J connectivity index is 2.09. The van der Waals surface area contributed by atoms with Crippen molar-refractivity contribution in [2.24, 2.45) is 4.99 Å². The van der Waals surface area contributed by atoms with Gasteiger partial charge in [0.05, 0.1) is 6.33 Å². The molecule has 3 heterocycles. The van der Waals surface area contributed by atoms with Crippen molar-refractivity contribution in [1.29, 1.82) is 0 Å². The first-order chi connectivity index (χ1) is 9.65. The third-order valence-electron chi connectivity index (χ3n) is 2.48. The van der Waals surface area contributed by atoms with Crippen molar-refractivity contribution < 1.29 is 5.11 Å². The van der Waals surface area contributed by atoms with E-state index in [9.17, 15) is 14.7 Å². The Hall–Kier alpha value is -3.30. The molecular formula is C10H7N7O3. The quantitative estimate of drug-likeness (QED) is 0.448. The van der Waals surface area contributed by atoms with Gasteiger partial charge in [0.2, 0.25) is 5.88 Å². The van der Waals surface area contributed by atoms with Crippen LogP contribution in [0.25, 0.3) is 11.2 Å². The van der Waals surface area contributed by atoms with Gasteiger partial charge in [0, 0.05) is 6.21 Å². The Labute approximate surface area is 109 Å². The summed E-state index contributed by atoms with van der Waals surface area (Å²) in [6.45, 7) is 0. The highest BCUT2D eigenvalue weighted by molar-refractivity contribution is 5.88. The summed E-state index contributed by atoms with van der Waals surface area (Å²) >= 11 is 0. The number of fused-ring (bicyclic) bond motifs is 1. The van der Waals surface area contributed by atoms with Crippen molar-refractivity contribution in [2.75, 3.05) is 0 Å². The van der Waals surface area contributed by atoms with Gasteiger partial charge in [0.15, 0.2) is 11.5 Å². The lowest BCUT2D eigenvalue weighted by molar-refractivity contribution is 0.447. The summed E-state index contributed by atoms with van der Waals surface area (Å²) in [5.74, 6) is -0.324. The van der Waals surface area contributed by atoms with E-state index in [1.54, 1.807) is 0 Å². The molecule has 0 aromatic carbocycles. The molecule has 20 heavy (non-hydrogen) atoms. The average Bonchev–Trinajstić information content (AvgIpc) is 2.86. The topological polar surface area (TPSA) is 153 Å². The third kappa shape index (κ3) is 1.94. The lowest BCUT2D eigenvalue weighted by Gasteiger charge is -1.96. The number of nitrogens with zero attached hydrogens (tertiary/aromatic N) is 4. The first-order valence-corrected chi connectivity index (χ1v) is 5.39. The summed E-state index contributed by atoms with van der Waals surface area (Å²) in [5.41, 5.74) is -0.834. The maximum absolute atomic E-state index is 11.5. The molecule has 0 fully saturated rings. The fraction of sp³-hybridized carbons (Fsp3) is 0. The van der Waals surface area contributed by atoms with Crippen LogP contribution < -0.4 is 11.2 Å². The van der Waals surface area contributed by atoms with E-state index in [1.165, 1.54) is 12.7 Å². The van der Waals surface area contributed by atoms with Crippen molar-refractivity contribution in [3.63, 3.8) is 0 Å². The molecule has 10 nitrogen and oxygen atoms in total. The normalized spacial score (nSPS) is 11.4. The van der Waals surface area contributed by atoms with Crippen LogP contribution in [0.5, 0.6) is 5.88 Å². The van der Waals surface area contributed by atoms with Gasteiger partial charge in [-0.1, -0.05) is 0 Å². The minimum Gasteiger partial charge on any atom is -0.494 e. The highest BCUT2D eigenvalue weighted by Gasteiger charge is 2.07. The van der Waals surface area contributed by atoms with Crippen molar-refractivity contribution in [3.8, 4) is 5.88 Å². The summed E-state index contributed by atoms with van der Waals surface area (Å²) in [6.07, 6.45) is 3.79. The standard InChI is InChI=1S/C10H7N7O3/c18-8-4(9(19)17-10(20)16-8)1-11-6-5-7(13-2-12-5)15-3-14-6/h1-3H,(H,12,13,14,15)(H3,16,17,18,19,20). The summed E-state index contributed by atoms with van der Waals surface area (Å²) in [5, 5.41) is 9.50. The number of aromatic nitrogens is 6. The fourth-order valence-electron chi connectivity index (χ4n) is 1.58. The fourth-order valence-corrected chi connectivity index (χ4v) is 1.58. The molecular weight excluding hydrogens is 266 g/mol. The van der Waals surface area contributed by atoms with E-state index in [4.69, 9.17) is 0 Å². The number of hydrogen-bond donors (Lipinski definition) is 4. The maximum atomic E-state index is 11.5. The number of H-pyrrole nitrogens is 3. The number of nitrogens with one attached hydrogen (secondary N) is 3. The molecule has 0 radical (unpaired) electrons. The molecule has 3 rings (SSSR count). The molecule has 3 aromatic heterocycles. The zero-order chi connectivity index (χ0) is 14.1. The second-order valence-corrected chi connectivity index (χ2v) is 3.73. The molecule has 0 spiro atoms. The van der Waals surface area contributed by atoms with Gasteiger partial charge in [-0.15, -0.1) is 0 Å². The second kappa shape index (κ2) is 4.42. The van der Waals surface area contributed by atoms with Crippen LogP contribution >= 0.6 is 0 Å². The smallest absolute Gasteiger partial charge is 0.328 e. The van der Waals surface area contributed by atoms with Crippen molar-refractivity contribution >= 4 is 23.2 Å². The van der Waals surface area contributed by atoms with Crippen molar-refractivity contribution in [3.05, 3.63) is 39.1 Å². The van der Waals surface area contributed by atoms with Crippen LogP contribution in [0.3, 0.4) is 0 Å². The van der Waals surface area contributed by atoms with Crippen LogP contribution in [0.1, 0.15) is 5.56 Å².